The van der Waals surface area contributed by atoms with Gasteiger partial charge < -0.3 is 5.32 Å². The molecule has 1 aliphatic heterocycles. The Balaban J connectivity index is 1.79. The molecule has 1 amide bonds. The molecular formula is C26H36N2O3S. The van der Waals surface area contributed by atoms with Crippen molar-refractivity contribution < 1.29 is 13.2 Å². The van der Waals surface area contributed by atoms with Gasteiger partial charge in [0.25, 0.3) is 5.91 Å². The van der Waals surface area contributed by atoms with Gasteiger partial charge in [0.15, 0.2) is 0 Å². The highest BCUT2D eigenvalue weighted by Crippen LogP contribution is 2.26. The van der Waals surface area contributed by atoms with Crippen LogP contribution in [0.3, 0.4) is 0 Å². The van der Waals surface area contributed by atoms with Crippen LogP contribution in [0.2, 0.25) is 0 Å². The number of aryl methyl sites for hydroxylation is 1. The van der Waals surface area contributed by atoms with E-state index >= 15 is 0 Å². The van der Waals surface area contributed by atoms with Gasteiger partial charge in [0.2, 0.25) is 10.0 Å². The van der Waals surface area contributed by atoms with Crippen LogP contribution < -0.4 is 5.32 Å². The first-order chi connectivity index (χ1) is 15.0. The van der Waals surface area contributed by atoms with E-state index in [0.29, 0.717) is 24.2 Å². The molecule has 1 aliphatic rings. The van der Waals surface area contributed by atoms with Gasteiger partial charge in [0.1, 0.15) is 0 Å². The zero-order chi connectivity index (χ0) is 23.5. The minimum absolute atomic E-state index is 0.0716. The number of amides is 1. The topological polar surface area (TPSA) is 66.5 Å². The molecule has 32 heavy (non-hydrogen) atoms. The maximum absolute atomic E-state index is 13.3. The molecule has 1 saturated heterocycles. The lowest BCUT2D eigenvalue weighted by Crippen LogP contribution is -2.33. The molecule has 2 aromatic rings. The van der Waals surface area contributed by atoms with Crippen LogP contribution >= 0.6 is 0 Å². The molecule has 0 radical (unpaired) electrons. The van der Waals surface area contributed by atoms with E-state index in [-0.39, 0.29) is 22.3 Å². The molecule has 1 atom stereocenters. The average molecular weight is 457 g/mol. The molecule has 0 saturated carbocycles. The fourth-order valence-electron chi connectivity index (χ4n) is 4.08. The van der Waals surface area contributed by atoms with E-state index in [1.165, 1.54) is 11.6 Å². The van der Waals surface area contributed by atoms with Gasteiger partial charge in [-0.05, 0) is 60.9 Å². The quantitative estimate of drug-likeness (QED) is 0.660. The Bertz CT molecular complexity index is 1050. The third kappa shape index (κ3) is 5.59. The van der Waals surface area contributed by atoms with E-state index < -0.39 is 10.0 Å². The van der Waals surface area contributed by atoms with Crippen LogP contribution in [0.1, 0.15) is 86.5 Å². The smallest absolute Gasteiger partial charge is 0.251 e. The van der Waals surface area contributed by atoms with E-state index in [0.717, 1.165) is 31.2 Å². The Labute approximate surface area is 193 Å². The van der Waals surface area contributed by atoms with Crippen molar-refractivity contribution in [2.75, 3.05) is 13.1 Å². The third-order valence-electron chi connectivity index (χ3n) is 6.26. The fourth-order valence-corrected chi connectivity index (χ4v) is 5.84. The Hall–Kier alpha value is -2.18. The number of hydrogen-bond donors (Lipinski definition) is 1. The third-order valence-corrected chi connectivity index (χ3v) is 8.30. The molecule has 1 N–H and O–H groups in total. The van der Waals surface area contributed by atoms with Crippen molar-refractivity contribution in [3.05, 3.63) is 64.7 Å². The Morgan fingerprint density at radius 1 is 0.969 bits per heavy atom. The van der Waals surface area contributed by atoms with Gasteiger partial charge in [-0.1, -0.05) is 63.9 Å². The zero-order valence-corrected chi connectivity index (χ0v) is 20.8. The molecule has 0 unspecified atom stereocenters. The molecular weight excluding hydrogens is 420 g/mol. The molecule has 0 spiro atoms. The lowest BCUT2D eigenvalue weighted by atomic mass is 9.86. The van der Waals surface area contributed by atoms with Crippen molar-refractivity contribution >= 4 is 15.9 Å². The van der Waals surface area contributed by atoms with Crippen LogP contribution in [0.4, 0.5) is 0 Å². The van der Waals surface area contributed by atoms with E-state index in [1.54, 1.807) is 23.4 Å². The van der Waals surface area contributed by atoms with E-state index in [1.807, 2.05) is 19.1 Å². The SMILES string of the molecule is Cc1ccc(C(=O)N[C@@H](C)c2ccc(C(C)(C)C)cc2)cc1S(=O)(=O)N1CCCCCC1. The van der Waals surface area contributed by atoms with Crippen LogP contribution in [0, 0.1) is 6.92 Å². The largest absolute Gasteiger partial charge is 0.346 e. The molecule has 1 fully saturated rings. The van der Waals surface area contributed by atoms with Crippen molar-refractivity contribution in [3.8, 4) is 0 Å². The summed E-state index contributed by atoms with van der Waals surface area (Å²) >= 11 is 0. The first kappa shape index (κ1) is 24.5. The van der Waals surface area contributed by atoms with Crippen LogP contribution in [-0.2, 0) is 15.4 Å². The number of sulfonamides is 1. The number of rotatable bonds is 5. The van der Waals surface area contributed by atoms with Crippen molar-refractivity contribution in [2.45, 2.75) is 76.7 Å². The Kier molecular flexibility index (Phi) is 7.46. The summed E-state index contributed by atoms with van der Waals surface area (Å²) in [5, 5.41) is 3.01. The molecule has 0 bridgehead atoms. The van der Waals surface area contributed by atoms with Gasteiger partial charge in [-0.2, -0.15) is 4.31 Å². The van der Waals surface area contributed by atoms with Crippen molar-refractivity contribution in [1.82, 2.24) is 9.62 Å². The fraction of sp³-hybridized carbons (Fsp3) is 0.500. The second-order valence-corrected chi connectivity index (χ2v) is 11.8. The average Bonchev–Trinajstić information content (AvgIpc) is 3.03. The standard InChI is InChI=1S/C26H36N2O3S/c1-19-10-11-22(18-24(19)32(30,31)28-16-8-6-7-9-17-28)25(29)27-20(2)21-12-14-23(15-13-21)26(3,4)5/h10-15,18,20H,6-9,16-17H2,1-5H3,(H,27,29)/t20-/m0/s1. The summed E-state index contributed by atoms with van der Waals surface area (Å²) < 4.78 is 28.1. The highest BCUT2D eigenvalue weighted by atomic mass is 32.2. The summed E-state index contributed by atoms with van der Waals surface area (Å²) in [5.74, 6) is -0.273. The minimum atomic E-state index is -3.62. The number of nitrogens with one attached hydrogen (secondary N) is 1. The van der Waals surface area contributed by atoms with Gasteiger partial charge in [-0.25, -0.2) is 8.42 Å². The number of benzene rings is 2. The summed E-state index contributed by atoms with van der Waals surface area (Å²) in [6.45, 7) is 11.3. The Morgan fingerprint density at radius 3 is 2.12 bits per heavy atom. The minimum Gasteiger partial charge on any atom is -0.346 e. The van der Waals surface area contributed by atoms with E-state index in [4.69, 9.17) is 0 Å². The number of nitrogens with zero attached hydrogens (tertiary/aromatic N) is 1. The second-order valence-electron chi connectivity index (χ2n) is 9.87. The van der Waals surface area contributed by atoms with Crippen molar-refractivity contribution in [2.24, 2.45) is 0 Å². The second kappa shape index (κ2) is 9.75. The summed E-state index contributed by atoms with van der Waals surface area (Å²) in [5.41, 5.74) is 3.35. The highest BCUT2D eigenvalue weighted by Gasteiger charge is 2.27. The summed E-state index contributed by atoms with van der Waals surface area (Å²) in [6, 6.07) is 13.0. The highest BCUT2D eigenvalue weighted by molar-refractivity contribution is 7.89. The van der Waals surface area contributed by atoms with E-state index in [9.17, 15) is 13.2 Å². The lowest BCUT2D eigenvalue weighted by molar-refractivity contribution is 0.0939. The first-order valence-corrected chi connectivity index (χ1v) is 13.0. The Morgan fingerprint density at radius 2 is 1.56 bits per heavy atom. The molecule has 3 rings (SSSR count). The number of hydrogen-bond acceptors (Lipinski definition) is 3. The summed E-state index contributed by atoms with van der Waals surface area (Å²) in [4.78, 5) is 13.2. The predicted octanol–water partition coefficient (Wildman–Crippen LogP) is 5.35. The van der Waals surface area contributed by atoms with Crippen LogP contribution in [0.15, 0.2) is 47.4 Å². The van der Waals surface area contributed by atoms with Crippen molar-refractivity contribution in [1.29, 1.82) is 0 Å². The molecule has 2 aromatic carbocycles. The van der Waals surface area contributed by atoms with Gasteiger partial charge >= 0.3 is 0 Å². The molecule has 5 nitrogen and oxygen atoms in total. The van der Waals surface area contributed by atoms with Gasteiger partial charge in [-0.3, -0.25) is 4.79 Å². The summed E-state index contributed by atoms with van der Waals surface area (Å²) in [6.07, 6.45) is 3.87. The molecule has 6 heteroatoms. The van der Waals surface area contributed by atoms with Crippen LogP contribution in [-0.4, -0.2) is 31.7 Å². The summed E-state index contributed by atoms with van der Waals surface area (Å²) in [7, 11) is -3.62. The monoisotopic (exact) mass is 456 g/mol. The molecule has 174 valence electrons. The molecule has 0 aliphatic carbocycles. The van der Waals surface area contributed by atoms with Gasteiger partial charge in [0, 0.05) is 18.7 Å². The van der Waals surface area contributed by atoms with E-state index in [2.05, 4.69) is 38.2 Å². The predicted molar refractivity (Wildman–Crippen MR) is 129 cm³/mol. The lowest BCUT2D eigenvalue weighted by Gasteiger charge is -2.22. The van der Waals surface area contributed by atoms with Crippen LogP contribution in [0.5, 0.6) is 0 Å². The maximum Gasteiger partial charge on any atom is 0.251 e. The normalized spacial score (nSPS) is 16.9. The number of carbonyl (C=O) groups excluding carboxylic acids is 1. The molecule has 1 heterocycles. The number of carbonyl (C=O) groups is 1. The maximum atomic E-state index is 13.3. The first-order valence-electron chi connectivity index (χ1n) is 11.5. The zero-order valence-electron chi connectivity index (χ0n) is 19.9. The van der Waals surface area contributed by atoms with Gasteiger partial charge in [0.05, 0.1) is 10.9 Å². The van der Waals surface area contributed by atoms with Gasteiger partial charge in [-0.15, -0.1) is 0 Å². The van der Waals surface area contributed by atoms with Crippen LogP contribution in [0.25, 0.3) is 0 Å². The molecule has 0 aromatic heterocycles. The van der Waals surface area contributed by atoms with Crippen molar-refractivity contribution in [3.63, 3.8) is 0 Å².